The second kappa shape index (κ2) is 4.06. The van der Waals surface area contributed by atoms with Crippen LogP contribution in [-0.2, 0) is 11.2 Å². The van der Waals surface area contributed by atoms with Crippen LogP contribution in [0, 0.1) is 6.92 Å². The molecule has 0 fully saturated rings. The molecule has 1 aliphatic rings. The summed E-state index contributed by atoms with van der Waals surface area (Å²) in [4.78, 5) is 15.1. The second-order valence-corrected chi connectivity index (χ2v) is 4.75. The van der Waals surface area contributed by atoms with E-state index in [4.69, 9.17) is 5.73 Å². The first kappa shape index (κ1) is 10.2. The Morgan fingerprint density at radius 2 is 2.20 bits per heavy atom. The highest BCUT2D eigenvalue weighted by Gasteiger charge is 2.27. The van der Waals surface area contributed by atoms with Crippen LogP contribution in [0.4, 0.5) is 0 Å². The summed E-state index contributed by atoms with van der Waals surface area (Å²) in [5.74, 6) is -0.110. The van der Waals surface area contributed by atoms with Gasteiger partial charge in [0.05, 0.1) is 5.25 Å². The van der Waals surface area contributed by atoms with Gasteiger partial charge < -0.3 is 5.73 Å². The fraction of sp³-hybridized carbons (Fsp3) is 0.273. The molecule has 15 heavy (non-hydrogen) atoms. The number of hydrogen-bond acceptors (Lipinski definition) is 3. The van der Waals surface area contributed by atoms with Gasteiger partial charge in [-0.25, -0.2) is 0 Å². The second-order valence-electron chi connectivity index (χ2n) is 3.53. The van der Waals surface area contributed by atoms with Crippen LogP contribution in [0.5, 0.6) is 0 Å². The molecule has 3 nitrogen and oxygen atoms in total. The molecule has 1 amide bonds. The smallest absolute Gasteiger partial charge is 0.261 e. The first-order chi connectivity index (χ1) is 7.16. The van der Waals surface area contributed by atoms with Crippen molar-refractivity contribution in [3.63, 3.8) is 0 Å². The zero-order chi connectivity index (χ0) is 10.8. The van der Waals surface area contributed by atoms with Gasteiger partial charge in [-0.2, -0.15) is 4.99 Å². The first-order valence-corrected chi connectivity index (χ1v) is 5.64. The van der Waals surface area contributed by atoms with Gasteiger partial charge in [0.1, 0.15) is 0 Å². The molecule has 0 aromatic heterocycles. The average Bonchev–Trinajstić information content (AvgIpc) is 2.49. The number of aliphatic imine (C=N–C) groups is 1. The number of rotatable bonds is 2. The molecule has 0 unspecified atom stereocenters. The van der Waals surface area contributed by atoms with E-state index in [1.54, 1.807) is 0 Å². The van der Waals surface area contributed by atoms with E-state index in [1.165, 1.54) is 22.9 Å². The monoisotopic (exact) mass is 220 g/mol. The van der Waals surface area contributed by atoms with Crippen molar-refractivity contribution >= 4 is 22.8 Å². The molecular formula is C11H12N2OS. The summed E-state index contributed by atoms with van der Waals surface area (Å²) in [5.41, 5.74) is 7.89. The van der Waals surface area contributed by atoms with Crippen molar-refractivity contribution in [3.8, 4) is 0 Å². The number of nitrogens with two attached hydrogens (primary N) is 1. The summed E-state index contributed by atoms with van der Waals surface area (Å²) in [5, 5.41) is 0.254. The highest BCUT2D eigenvalue weighted by molar-refractivity contribution is 8.15. The van der Waals surface area contributed by atoms with Crippen LogP contribution in [0.15, 0.2) is 29.3 Å². The van der Waals surface area contributed by atoms with E-state index < -0.39 is 0 Å². The molecule has 0 radical (unpaired) electrons. The largest absolute Gasteiger partial charge is 0.378 e. The van der Waals surface area contributed by atoms with Crippen molar-refractivity contribution in [2.24, 2.45) is 10.7 Å². The topological polar surface area (TPSA) is 55.4 Å². The van der Waals surface area contributed by atoms with Crippen LogP contribution >= 0.6 is 11.8 Å². The minimum atomic E-state index is -0.133. The number of aryl methyl sites for hydroxylation is 1. The van der Waals surface area contributed by atoms with E-state index >= 15 is 0 Å². The number of thioether (sulfide) groups is 1. The minimum absolute atomic E-state index is 0.110. The molecule has 2 rings (SSSR count). The Morgan fingerprint density at radius 1 is 1.47 bits per heavy atom. The lowest BCUT2D eigenvalue weighted by Gasteiger charge is -2.08. The van der Waals surface area contributed by atoms with Crippen LogP contribution in [0.2, 0.25) is 0 Å². The zero-order valence-electron chi connectivity index (χ0n) is 8.43. The molecule has 4 heteroatoms. The highest BCUT2D eigenvalue weighted by Crippen LogP contribution is 2.24. The molecule has 0 saturated heterocycles. The van der Waals surface area contributed by atoms with E-state index in [2.05, 4.69) is 4.99 Å². The van der Waals surface area contributed by atoms with Crippen LogP contribution in [0.3, 0.4) is 0 Å². The zero-order valence-corrected chi connectivity index (χ0v) is 9.25. The molecule has 0 aliphatic carbocycles. The van der Waals surface area contributed by atoms with E-state index in [-0.39, 0.29) is 11.2 Å². The predicted molar refractivity (Wildman–Crippen MR) is 62.9 cm³/mol. The fourth-order valence-corrected chi connectivity index (χ4v) is 2.42. The average molecular weight is 220 g/mol. The fourth-order valence-electron chi connectivity index (χ4n) is 1.57. The molecule has 1 aromatic rings. The van der Waals surface area contributed by atoms with Crippen molar-refractivity contribution in [1.29, 1.82) is 0 Å². The summed E-state index contributed by atoms with van der Waals surface area (Å²) < 4.78 is 0. The lowest BCUT2D eigenvalue weighted by atomic mass is 10.0. The number of amidine groups is 1. The summed E-state index contributed by atoms with van der Waals surface area (Å²) in [6, 6.07) is 8.06. The third kappa shape index (κ3) is 2.21. The van der Waals surface area contributed by atoms with Gasteiger partial charge in [-0.15, -0.1) is 0 Å². The van der Waals surface area contributed by atoms with E-state index in [0.717, 1.165) is 0 Å². The van der Waals surface area contributed by atoms with E-state index in [0.29, 0.717) is 11.6 Å². The molecule has 2 N–H and O–H groups in total. The number of benzene rings is 1. The lowest BCUT2D eigenvalue weighted by Crippen LogP contribution is -2.14. The van der Waals surface area contributed by atoms with Crippen LogP contribution < -0.4 is 5.73 Å². The maximum Gasteiger partial charge on any atom is 0.261 e. The van der Waals surface area contributed by atoms with Gasteiger partial charge >= 0.3 is 0 Å². The van der Waals surface area contributed by atoms with Crippen molar-refractivity contribution in [2.45, 2.75) is 18.6 Å². The van der Waals surface area contributed by atoms with Crippen LogP contribution in [-0.4, -0.2) is 16.3 Å². The maximum absolute atomic E-state index is 11.4. The quantitative estimate of drug-likeness (QED) is 0.821. The van der Waals surface area contributed by atoms with Gasteiger partial charge in [-0.1, -0.05) is 36.0 Å². The third-order valence-corrected chi connectivity index (χ3v) is 3.41. The Hall–Kier alpha value is -1.29. The van der Waals surface area contributed by atoms with Gasteiger partial charge in [-0.3, -0.25) is 4.79 Å². The standard InChI is InChI=1S/C11H12N2OS/c1-7-4-2-3-5-8(7)6-9-10(14)13-11(12)15-9/h2-5,9H,6H2,1H3,(H2,12,13,14)/t9-/m0/s1. The Labute approximate surface area is 92.8 Å². The number of hydrogen-bond donors (Lipinski definition) is 1. The van der Waals surface area contributed by atoms with Gasteiger partial charge in [0, 0.05) is 0 Å². The van der Waals surface area contributed by atoms with Gasteiger partial charge in [-0.05, 0) is 24.5 Å². The lowest BCUT2D eigenvalue weighted by molar-refractivity contribution is -0.117. The Bertz CT molecular complexity index is 428. The summed E-state index contributed by atoms with van der Waals surface area (Å²) in [7, 11) is 0. The van der Waals surface area contributed by atoms with Crippen LogP contribution in [0.25, 0.3) is 0 Å². The number of carbonyl (C=O) groups is 1. The molecule has 0 spiro atoms. The molecule has 1 aliphatic heterocycles. The Kier molecular flexibility index (Phi) is 2.77. The molecule has 0 saturated carbocycles. The molecule has 1 aromatic carbocycles. The van der Waals surface area contributed by atoms with Gasteiger partial charge in [0.25, 0.3) is 5.91 Å². The molecule has 1 heterocycles. The summed E-state index contributed by atoms with van der Waals surface area (Å²) in [6.07, 6.45) is 0.709. The molecule has 78 valence electrons. The number of carbonyl (C=O) groups excluding carboxylic acids is 1. The number of amides is 1. The van der Waals surface area contributed by atoms with Crippen molar-refractivity contribution in [2.75, 3.05) is 0 Å². The Balaban J connectivity index is 2.11. The van der Waals surface area contributed by atoms with Gasteiger partial charge in [0.15, 0.2) is 5.17 Å². The third-order valence-electron chi connectivity index (χ3n) is 2.43. The Morgan fingerprint density at radius 3 is 2.80 bits per heavy atom. The van der Waals surface area contributed by atoms with Crippen molar-refractivity contribution in [1.82, 2.24) is 0 Å². The first-order valence-electron chi connectivity index (χ1n) is 4.76. The minimum Gasteiger partial charge on any atom is -0.378 e. The van der Waals surface area contributed by atoms with Crippen molar-refractivity contribution in [3.05, 3.63) is 35.4 Å². The molecule has 0 bridgehead atoms. The summed E-state index contributed by atoms with van der Waals surface area (Å²) in [6.45, 7) is 2.05. The van der Waals surface area contributed by atoms with Gasteiger partial charge in [0.2, 0.25) is 0 Å². The molecule has 1 atom stereocenters. The molecular weight excluding hydrogens is 208 g/mol. The summed E-state index contributed by atoms with van der Waals surface area (Å²) >= 11 is 1.36. The van der Waals surface area contributed by atoms with Crippen molar-refractivity contribution < 1.29 is 4.79 Å². The maximum atomic E-state index is 11.4. The number of nitrogens with zero attached hydrogens (tertiary/aromatic N) is 1. The van der Waals surface area contributed by atoms with E-state index in [1.807, 2.05) is 31.2 Å². The highest BCUT2D eigenvalue weighted by atomic mass is 32.2. The predicted octanol–water partition coefficient (Wildman–Crippen LogP) is 1.49. The van der Waals surface area contributed by atoms with Crippen LogP contribution in [0.1, 0.15) is 11.1 Å². The van der Waals surface area contributed by atoms with E-state index in [9.17, 15) is 4.79 Å². The normalized spacial score (nSPS) is 20.5. The SMILES string of the molecule is Cc1ccccc1C[C@@H]1SC(N)=NC1=O.